The average Bonchev–Trinajstić information content (AvgIpc) is 3.35. The van der Waals surface area contributed by atoms with Crippen LogP contribution in [0.2, 0.25) is 0 Å². The summed E-state index contributed by atoms with van der Waals surface area (Å²) < 4.78 is 0. The highest BCUT2D eigenvalue weighted by Crippen LogP contribution is 2.39. The summed E-state index contributed by atoms with van der Waals surface area (Å²) in [4.78, 5) is 23.4. The van der Waals surface area contributed by atoms with E-state index in [9.17, 15) is 10.1 Å². The van der Waals surface area contributed by atoms with Crippen molar-refractivity contribution in [3.8, 4) is 6.07 Å². The van der Waals surface area contributed by atoms with Gasteiger partial charge in [0.1, 0.15) is 12.3 Å². The number of nitrogens with one attached hydrogen (secondary N) is 2. The maximum atomic E-state index is 12.9. The Balaban J connectivity index is 1.38. The monoisotopic (exact) mass is 442 g/mol. The maximum absolute atomic E-state index is 12.9. The number of benzene rings is 2. The number of nitrogens with zero attached hydrogens (tertiary/aromatic N) is 4. The van der Waals surface area contributed by atoms with Gasteiger partial charge in [-0.05, 0) is 37.7 Å². The van der Waals surface area contributed by atoms with E-state index in [1.54, 1.807) is 18.2 Å². The van der Waals surface area contributed by atoms with Crippen molar-refractivity contribution in [2.75, 3.05) is 57.0 Å². The number of allylic oxidation sites excluding steroid dienone is 1. The van der Waals surface area contributed by atoms with Gasteiger partial charge in [-0.15, -0.1) is 0 Å². The van der Waals surface area contributed by atoms with Gasteiger partial charge in [0.15, 0.2) is 0 Å². The first-order chi connectivity index (χ1) is 16.1. The van der Waals surface area contributed by atoms with Gasteiger partial charge >= 0.3 is 0 Å². The molecule has 0 atom stereocenters. The van der Waals surface area contributed by atoms with Gasteiger partial charge in [-0.1, -0.05) is 23.4 Å². The Labute approximate surface area is 193 Å². The highest BCUT2D eigenvalue weighted by atomic mass is 16.6. The Hall–Kier alpha value is -3.67. The number of piperazine rings is 1. The van der Waals surface area contributed by atoms with E-state index in [0.29, 0.717) is 40.4 Å². The summed E-state index contributed by atoms with van der Waals surface area (Å²) in [5, 5.41) is 20.0. The first-order valence-electron chi connectivity index (χ1n) is 11.2. The van der Waals surface area contributed by atoms with Gasteiger partial charge in [-0.3, -0.25) is 4.79 Å². The normalized spacial score (nSPS) is 21.3. The van der Waals surface area contributed by atoms with Crippen LogP contribution in [0.3, 0.4) is 0 Å². The zero-order valence-electron chi connectivity index (χ0n) is 18.6. The molecular formula is C25H26N6O2. The number of anilines is 2. The number of rotatable bonds is 5. The molecule has 33 heavy (non-hydrogen) atoms. The first kappa shape index (κ1) is 21.2. The predicted octanol–water partition coefficient (Wildman–Crippen LogP) is 2.71. The van der Waals surface area contributed by atoms with Crippen LogP contribution >= 0.6 is 0 Å². The van der Waals surface area contributed by atoms with Gasteiger partial charge in [-0.2, -0.15) is 5.26 Å². The van der Waals surface area contributed by atoms with Crippen molar-refractivity contribution in [3.05, 3.63) is 64.9 Å². The Kier molecular flexibility index (Phi) is 5.82. The van der Waals surface area contributed by atoms with E-state index in [1.165, 1.54) is 0 Å². The molecule has 0 aliphatic carbocycles. The van der Waals surface area contributed by atoms with Crippen LogP contribution in [0, 0.1) is 11.3 Å². The Morgan fingerprint density at radius 2 is 1.85 bits per heavy atom. The van der Waals surface area contributed by atoms with Crippen molar-refractivity contribution < 1.29 is 9.63 Å². The summed E-state index contributed by atoms with van der Waals surface area (Å²) >= 11 is 0. The van der Waals surface area contributed by atoms with Crippen molar-refractivity contribution in [3.63, 3.8) is 0 Å². The fourth-order valence-electron chi connectivity index (χ4n) is 4.42. The number of hydrogen-bond acceptors (Lipinski definition) is 7. The van der Waals surface area contributed by atoms with Gasteiger partial charge in [0.05, 0.1) is 22.9 Å². The van der Waals surface area contributed by atoms with Gasteiger partial charge in [0, 0.05) is 55.2 Å². The number of likely N-dealkylation sites (N-methyl/N-ethyl adjacent to an activating group) is 1. The van der Waals surface area contributed by atoms with E-state index in [1.807, 2.05) is 24.3 Å². The topological polar surface area (TPSA) is 93.0 Å². The first-order valence-corrected chi connectivity index (χ1v) is 11.2. The Morgan fingerprint density at radius 1 is 1.06 bits per heavy atom. The number of oxime groups is 1. The molecule has 3 heterocycles. The predicted molar refractivity (Wildman–Crippen MR) is 128 cm³/mol. The molecule has 3 aliphatic heterocycles. The van der Waals surface area contributed by atoms with Crippen molar-refractivity contribution in [1.82, 2.24) is 9.80 Å². The molecular weight excluding hydrogens is 416 g/mol. The van der Waals surface area contributed by atoms with Crippen LogP contribution < -0.4 is 10.6 Å². The molecule has 0 saturated carbocycles. The molecule has 2 N–H and O–H groups in total. The highest BCUT2D eigenvalue weighted by molar-refractivity contribution is 6.39. The average molecular weight is 443 g/mol. The third-order valence-corrected chi connectivity index (χ3v) is 6.28. The standard InChI is InChI=1S/C25H26N6O2/c1-30-10-12-31(13-11-30)9-4-14-33-29-23-18-5-2-3-6-20(18)27-24(23)22-19-15-17(16-26)7-8-21(19)28-25(22)32/h2-3,5-8,15,27H,4,9-14H2,1H3,(H,28,32)/b24-22-,29-23+. The van der Waals surface area contributed by atoms with E-state index < -0.39 is 0 Å². The summed E-state index contributed by atoms with van der Waals surface area (Å²) in [5.41, 5.74) is 5.31. The number of carbonyl (C=O) groups is 1. The lowest BCUT2D eigenvalue weighted by Crippen LogP contribution is -2.44. The number of fused-ring (bicyclic) bond motifs is 2. The SMILES string of the molecule is CN1CCN(CCCO/N=C2/C(=C3/C(=O)Nc4ccc(C#N)cc43)Nc3ccccc32)CC1. The second-order valence-electron chi connectivity index (χ2n) is 8.52. The Bertz CT molecular complexity index is 1190. The van der Waals surface area contributed by atoms with Crippen LogP contribution in [0.5, 0.6) is 0 Å². The number of para-hydroxylation sites is 1. The fraction of sp³-hybridized carbons (Fsp3) is 0.320. The molecule has 0 radical (unpaired) electrons. The van der Waals surface area contributed by atoms with Crippen molar-refractivity contribution >= 4 is 28.6 Å². The quantitative estimate of drug-likeness (QED) is 0.420. The zero-order chi connectivity index (χ0) is 22.8. The third-order valence-electron chi connectivity index (χ3n) is 6.28. The molecule has 8 nitrogen and oxygen atoms in total. The third kappa shape index (κ3) is 4.21. The molecule has 5 rings (SSSR count). The molecule has 0 spiro atoms. The molecule has 2 aromatic rings. The van der Waals surface area contributed by atoms with Crippen molar-refractivity contribution in [1.29, 1.82) is 5.26 Å². The number of nitriles is 1. The maximum Gasteiger partial charge on any atom is 0.258 e. The van der Waals surface area contributed by atoms with Crippen LogP contribution in [-0.4, -0.2) is 67.8 Å². The number of hydrogen-bond donors (Lipinski definition) is 2. The zero-order valence-corrected chi connectivity index (χ0v) is 18.6. The molecule has 1 saturated heterocycles. The smallest absolute Gasteiger partial charge is 0.258 e. The summed E-state index contributed by atoms with van der Waals surface area (Å²) in [6.45, 7) is 5.84. The summed E-state index contributed by atoms with van der Waals surface area (Å²) in [6, 6.07) is 15.1. The molecule has 0 aromatic heterocycles. The second kappa shape index (κ2) is 9.06. The lowest BCUT2D eigenvalue weighted by molar-refractivity contribution is -0.110. The molecule has 2 aromatic carbocycles. The number of carbonyl (C=O) groups excluding carboxylic acids is 1. The number of amides is 1. The van der Waals surface area contributed by atoms with Crippen LogP contribution in [0.25, 0.3) is 5.57 Å². The van der Waals surface area contributed by atoms with Gasteiger partial charge in [-0.25, -0.2) is 0 Å². The minimum atomic E-state index is -0.224. The van der Waals surface area contributed by atoms with E-state index in [4.69, 9.17) is 4.84 Å². The van der Waals surface area contributed by atoms with Crippen LogP contribution in [0.4, 0.5) is 11.4 Å². The molecule has 0 bridgehead atoms. The van der Waals surface area contributed by atoms with E-state index in [0.717, 1.165) is 50.4 Å². The molecule has 1 fully saturated rings. The van der Waals surface area contributed by atoms with Crippen molar-refractivity contribution in [2.24, 2.45) is 5.16 Å². The molecule has 3 aliphatic rings. The summed E-state index contributed by atoms with van der Waals surface area (Å²) in [5.74, 6) is -0.224. The van der Waals surface area contributed by atoms with Crippen molar-refractivity contribution in [2.45, 2.75) is 6.42 Å². The van der Waals surface area contributed by atoms with E-state index in [-0.39, 0.29) is 5.91 Å². The minimum absolute atomic E-state index is 0.224. The van der Waals surface area contributed by atoms with Crippen LogP contribution in [0.1, 0.15) is 23.1 Å². The van der Waals surface area contributed by atoms with Gasteiger partial charge < -0.3 is 25.3 Å². The summed E-state index contributed by atoms with van der Waals surface area (Å²) in [7, 11) is 2.15. The summed E-state index contributed by atoms with van der Waals surface area (Å²) in [6.07, 6.45) is 0.885. The molecule has 0 unspecified atom stereocenters. The van der Waals surface area contributed by atoms with Crippen LogP contribution in [0.15, 0.2) is 53.3 Å². The lowest BCUT2D eigenvalue weighted by Gasteiger charge is -2.32. The molecule has 1 amide bonds. The van der Waals surface area contributed by atoms with E-state index >= 15 is 0 Å². The van der Waals surface area contributed by atoms with Gasteiger partial charge in [0.2, 0.25) is 0 Å². The second-order valence-corrected chi connectivity index (χ2v) is 8.52. The van der Waals surface area contributed by atoms with Crippen LogP contribution in [-0.2, 0) is 9.63 Å². The lowest BCUT2D eigenvalue weighted by atomic mass is 10.00. The minimum Gasteiger partial charge on any atom is -0.395 e. The molecule has 8 heteroatoms. The van der Waals surface area contributed by atoms with E-state index in [2.05, 4.69) is 38.7 Å². The van der Waals surface area contributed by atoms with Gasteiger partial charge in [0.25, 0.3) is 5.91 Å². The largest absolute Gasteiger partial charge is 0.395 e. The molecule has 168 valence electrons. The highest BCUT2D eigenvalue weighted by Gasteiger charge is 2.34. The fourth-order valence-corrected chi connectivity index (χ4v) is 4.42. The Morgan fingerprint density at radius 3 is 2.67 bits per heavy atom.